The van der Waals surface area contributed by atoms with Crippen LogP contribution >= 0.6 is 0 Å². The van der Waals surface area contributed by atoms with Crippen LogP contribution < -0.4 is 10.2 Å². The summed E-state index contributed by atoms with van der Waals surface area (Å²) in [6, 6.07) is 16.6. The molecule has 2 amide bonds. The Balaban J connectivity index is 1.63. The van der Waals surface area contributed by atoms with E-state index < -0.39 is 0 Å². The molecule has 2 fully saturated rings. The third kappa shape index (κ3) is 6.06. The molecule has 2 aromatic carbocycles. The van der Waals surface area contributed by atoms with Crippen LogP contribution in [0.5, 0.6) is 0 Å². The minimum Gasteiger partial charge on any atom is -0.377 e. The first-order chi connectivity index (χ1) is 17.0. The number of hydrogen-bond donors (Lipinski definition) is 1. The molecule has 188 valence electrons. The number of nitrogens with zero attached hydrogens (tertiary/aromatic N) is 2. The molecule has 2 saturated carbocycles. The van der Waals surface area contributed by atoms with Crippen LogP contribution in [0.1, 0.15) is 81.8 Å². The first-order valence-electron chi connectivity index (χ1n) is 13.4. The minimum atomic E-state index is -0.137. The summed E-state index contributed by atoms with van der Waals surface area (Å²) in [6.07, 6.45) is 9.61. The van der Waals surface area contributed by atoms with Crippen molar-refractivity contribution < 1.29 is 9.59 Å². The Kier molecular flexibility index (Phi) is 8.48. The third-order valence-corrected chi connectivity index (χ3v) is 7.85. The fourth-order valence-electron chi connectivity index (χ4n) is 5.54. The first kappa shape index (κ1) is 25.3. The van der Waals surface area contributed by atoms with Crippen LogP contribution in [0.4, 0.5) is 11.4 Å². The molecule has 35 heavy (non-hydrogen) atoms. The lowest BCUT2D eigenvalue weighted by Gasteiger charge is -2.37. The number of rotatable bonds is 9. The highest BCUT2D eigenvalue weighted by Crippen LogP contribution is 2.33. The molecule has 4 rings (SSSR count). The van der Waals surface area contributed by atoms with E-state index in [1.807, 2.05) is 38.4 Å². The van der Waals surface area contributed by atoms with Crippen LogP contribution in [0.15, 0.2) is 48.5 Å². The van der Waals surface area contributed by atoms with Crippen molar-refractivity contribution >= 4 is 23.2 Å². The maximum absolute atomic E-state index is 14.1. The van der Waals surface area contributed by atoms with Crippen molar-refractivity contribution in [3.63, 3.8) is 0 Å². The summed E-state index contributed by atoms with van der Waals surface area (Å²) >= 11 is 0. The highest BCUT2D eigenvalue weighted by Gasteiger charge is 2.31. The van der Waals surface area contributed by atoms with Crippen LogP contribution in [0.25, 0.3) is 0 Å². The Morgan fingerprint density at radius 1 is 0.943 bits per heavy atom. The zero-order valence-corrected chi connectivity index (χ0v) is 21.6. The van der Waals surface area contributed by atoms with Gasteiger partial charge in [-0.3, -0.25) is 9.59 Å². The number of nitrogens with one attached hydrogen (secondary N) is 1. The van der Waals surface area contributed by atoms with E-state index >= 15 is 0 Å². The van der Waals surface area contributed by atoms with Crippen molar-refractivity contribution in [2.45, 2.75) is 83.2 Å². The van der Waals surface area contributed by atoms with Crippen LogP contribution in [-0.4, -0.2) is 36.9 Å². The van der Waals surface area contributed by atoms with Gasteiger partial charge in [0.05, 0.1) is 5.92 Å². The van der Waals surface area contributed by atoms with Crippen molar-refractivity contribution in [3.8, 4) is 0 Å². The summed E-state index contributed by atoms with van der Waals surface area (Å²) in [5.74, 6) is 0.347. The van der Waals surface area contributed by atoms with Gasteiger partial charge in [-0.2, -0.15) is 0 Å². The van der Waals surface area contributed by atoms with E-state index in [1.165, 1.54) is 19.3 Å². The van der Waals surface area contributed by atoms with Gasteiger partial charge in [0.25, 0.3) is 0 Å². The number of hydrogen-bond acceptors (Lipinski definition) is 3. The molecular weight excluding hydrogens is 434 g/mol. The zero-order valence-electron chi connectivity index (χ0n) is 21.6. The second-order valence-corrected chi connectivity index (χ2v) is 10.5. The first-order valence-corrected chi connectivity index (χ1v) is 13.4. The Labute approximate surface area is 210 Å². The number of anilines is 2. The molecule has 0 radical (unpaired) electrons. The van der Waals surface area contributed by atoms with Gasteiger partial charge in [0.2, 0.25) is 11.8 Å². The summed E-state index contributed by atoms with van der Waals surface area (Å²) < 4.78 is 0. The molecule has 0 aliphatic heterocycles. The fraction of sp³-hybridized carbons (Fsp3) is 0.533. The monoisotopic (exact) mass is 475 g/mol. The van der Waals surface area contributed by atoms with Gasteiger partial charge < -0.3 is 15.1 Å². The predicted octanol–water partition coefficient (Wildman–Crippen LogP) is 6.35. The molecule has 5 nitrogen and oxygen atoms in total. The van der Waals surface area contributed by atoms with E-state index in [-0.39, 0.29) is 29.7 Å². The quantitative estimate of drug-likeness (QED) is 0.460. The van der Waals surface area contributed by atoms with Gasteiger partial charge in [-0.05, 0) is 61.4 Å². The second kappa shape index (κ2) is 11.7. The van der Waals surface area contributed by atoms with Gasteiger partial charge in [-0.25, -0.2) is 0 Å². The molecular formula is C30H41N3O2. The normalized spacial score (nSPS) is 17.3. The Morgan fingerprint density at radius 3 is 2.26 bits per heavy atom. The molecule has 2 aliphatic rings. The number of benzene rings is 2. The predicted molar refractivity (Wildman–Crippen MR) is 144 cm³/mol. The Hall–Kier alpha value is -2.82. The van der Waals surface area contributed by atoms with E-state index in [9.17, 15) is 9.59 Å². The molecule has 0 aromatic heterocycles. The van der Waals surface area contributed by atoms with Gasteiger partial charge >= 0.3 is 0 Å². The van der Waals surface area contributed by atoms with Crippen LogP contribution in [-0.2, 0) is 16.1 Å². The molecule has 0 unspecified atom stereocenters. The van der Waals surface area contributed by atoms with Gasteiger partial charge in [0.1, 0.15) is 0 Å². The highest BCUT2D eigenvalue weighted by atomic mass is 16.2. The standard InChI is InChI=1S/C30H41N3O2/c1-4-27(22-12-7-5-8-13-22)30(35)33(26-16-9-6-10-17-26)21-24-20-25(18-19-28(24)32(2)3)31-29(34)23-14-11-15-23/h5,7-8,12-13,18-20,23,26-27H,4,6,9-11,14-17,21H2,1-3H3,(H,31,34)/t27-/m1/s1. The largest absolute Gasteiger partial charge is 0.377 e. The van der Waals surface area contributed by atoms with E-state index in [0.717, 1.165) is 61.0 Å². The Bertz CT molecular complexity index is 994. The van der Waals surface area contributed by atoms with E-state index in [2.05, 4.69) is 46.3 Å². The number of carbonyl (C=O) groups is 2. The molecule has 2 aliphatic carbocycles. The average Bonchev–Trinajstić information content (AvgIpc) is 2.83. The smallest absolute Gasteiger partial charge is 0.230 e. The SMILES string of the molecule is CC[C@@H](C(=O)N(Cc1cc(NC(=O)C2CCC2)ccc1N(C)C)C1CCCCC1)c1ccccc1. The third-order valence-electron chi connectivity index (χ3n) is 7.85. The van der Waals surface area contributed by atoms with Crippen LogP contribution in [0.2, 0.25) is 0 Å². The van der Waals surface area contributed by atoms with Crippen molar-refractivity contribution in [3.05, 3.63) is 59.7 Å². The number of amides is 2. The molecule has 5 heteroatoms. The van der Waals surface area contributed by atoms with E-state index in [0.29, 0.717) is 6.54 Å². The maximum Gasteiger partial charge on any atom is 0.230 e. The summed E-state index contributed by atoms with van der Waals surface area (Å²) in [5, 5.41) is 3.13. The van der Waals surface area contributed by atoms with E-state index in [4.69, 9.17) is 0 Å². The lowest BCUT2D eigenvalue weighted by molar-refractivity contribution is -0.136. The van der Waals surface area contributed by atoms with Gasteiger partial charge in [-0.15, -0.1) is 0 Å². The second-order valence-electron chi connectivity index (χ2n) is 10.5. The van der Waals surface area contributed by atoms with Crippen LogP contribution in [0.3, 0.4) is 0 Å². The lowest BCUT2D eigenvalue weighted by atomic mass is 9.85. The molecule has 0 spiro atoms. The lowest BCUT2D eigenvalue weighted by Crippen LogP contribution is -2.43. The molecule has 0 bridgehead atoms. The fourth-order valence-corrected chi connectivity index (χ4v) is 5.54. The molecule has 0 saturated heterocycles. The van der Waals surface area contributed by atoms with Gasteiger partial charge in [-0.1, -0.05) is 62.9 Å². The molecule has 0 heterocycles. The Morgan fingerprint density at radius 2 is 1.66 bits per heavy atom. The summed E-state index contributed by atoms with van der Waals surface area (Å²) in [7, 11) is 4.08. The highest BCUT2D eigenvalue weighted by molar-refractivity contribution is 5.93. The van der Waals surface area contributed by atoms with Crippen molar-refractivity contribution in [2.24, 2.45) is 5.92 Å². The average molecular weight is 476 g/mol. The summed E-state index contributed by atoms with van der Waals surface area (Å²) in [6.45, 7) is 2.67. The van der Waals surface area contributed by atoms with Crippen molar-refractivity contribution in [1.82, 2.24) is 4.90 Å². The summed E-state index contributed by atoms with van der Waals surface area (Å²) in [5.41, 5.74) is 4.10. The number of carbonyl (C=O) groups excluding carboxylic acids is 2. The van der Waals surface area contributed by atoms with Crippen LogP contribution in [0, 0.1) is 5.92 Å². The summed E-state index contributed by atoms with van der Waals surface area (Å²) in [4.78, 5) is 31.0. The minimum absolute atomic E-state index is 0.121. The van der Waals surface area contributed by atoms with Crippen molar-refractivity contribution in [1.29, 1.82) is 0 Å². The van der Waals surface area contributed by atoms with Gasteiger partial charge in [0, 0.05) is 44.0 Å². The zero-order chi connectivity index (χ0) is 24.8. The maximum atomic E-state index is 14.1. The topological polar surface area (TPSA) is 52.7 Å². The van der Waals surface area contributed by atoms with Gasteiger partial charge in [0.15, 0.2) is 0 Å². The molecule has 1 atom stereocenters. The van der Waals surface area contributed by atoms with E-state index in [1.54, 1.807) is 0 Å². The van der Waals surface area contributed by atoms with Crippen molar-refractivity contribution in [2.75, 3.05) is 24.3 Å². The molecule has 1 N–H and O–H groups in total. The molecule has 2 aromatic rings.